The molecule has 2 aromatic carbocycles. The number of hydrogen-bond donors (Lipinski definition) is 2. The lowest BCUT2D eigenvalue weighted by molar-refractivity contribution is -0.118. The minimum Gasteiger partial charge on any atom is -0.482 e. The van der Waals surface area contributed by atoms with Crippen LogP contribution in [0, 0.1) is 0 Å². The van der Waals surface area contributed by atoms with E-state index >= 15 is 0 Å². The first-order valence-electron chi connectivity index (χ1n) is 7.21. The summed E-state index contributed by atoms with van der Waals surface area (Å²) in [5.74, 6) is 0.00191. The van der Waals surface area contributed by atoms with Gasteiger partial charge in [-0.05, 0) is 42.8 Å². The van der Waals surface area contributed by atoms with Crippen molar-refractivity contribution in [3.63, 3.8) is 0 Å². The number of nitrogens with one attached hydrogen (secondary N) is 2. The highest BCUT2D eigenvalue weighted by molar-refractivity contribution is 6.33. The van der Waals surface area contributed by atoms with Crippen LogP contribution in [0.4, 0.5) is 5.69 Å². The lowest BCUT2D eigenvalue weighted by Gasteiger charge is -2.18. The number of hydrazone groups is 1. The monoisotopic (exact) mass is 343 g/mol. The average molecular weight is 344 g/mol. The van der Waals surface area contributed by atoms with Gasteiger partial charge in [0.05, 0.1) is 22.0 Å². The molecule has 0 saturated heterocycles. The lowest BCUT2D eigenvalue weighted by Crippen LogP contribution is -2.25. The summed E-state index contributed by atoms with van der Waals surface area (Å²) in [6, 6.07) is 12.0. The van der Waals surface area contributed by atoms with Crippen LogP contribution in [-0.2, 0) is 4.79 Å². The van der Waals surface area contributed by atoms with E-state index < -0.39 is 5.91 Å². The Bertz CT molecular complexity index is 849. The number of carbonyl (C=O) groups is 2. The molecule has 1 aliphatic rings. The molecule has 7 heteroatoms. The molecule has 1 heterocycles. The van der Waals surface area contributed by atoms with Gasteiger partial charge in [-0.15, -0.1) is 0 Å². The molecule has 122 valence electrons. The molecule has 2 aromatic rings. The van der Waals surface area contributed by atoms with Crippen LogP contribution in [0.25, 0.3) is 0 Å². The number of fused-ring (bicyclic) bond motifs is 1. The predicted octanol–water partition coefficient (Wildman–Crippen LogP) is 2.82. The zero-order valence-electron chi connectivity index (χ0n) is 12.8. The maximum Gasteiger partial charge on any atom is 0.272 e. The summed E-state index contributed by atoms with van der Waals surface area (Å²) in [6.07, 6.45) is 0. The molecule has 0 radical (unpaired) electrons. The van der Waals surface area contributed by atoms with Crippen molar-refractivity contribution < 1.29 is 14.3 Å². The standard InChI is InChI=1S/C17H14ClN3O3/c1-10(20-21-17(23)12-4-2-3-5-13(12)18)11-6-7-15-14(8-11)19-16(22)9-24-15/h2-8H,9H2,1H3,(H,19,22)(H,21,23)/b20-10-. The summed E-state index contributed by atoms with van der Waals surface area (Å²) in [7, 11) is 0. The van der Waals surface area contributed by atoms with Crippen molar-refractivity contribution in [1.29, 1.82) is 0 Å². The van der Waals surface area contributed by atoms with Crippen molar-refractivity contribution in [2.24, 2.45) is 5.10 Å². The molecule has 0 aliphatic carbocycles. The molecule has 1 aliphatic heterocycles. The van der Waals surface area contributed by atoms with Crippen LogP contribution in [-0.4, -0.2) is 24.1 Å². The third-order valence-corrected chi connectivity index (χ3v) is 3.80. The highest BCUT2D eigenvalue weighted by atomic mass is 35.5. The van der Waals surface area contributed by atoms with E-state index in [-0.39, 0.29) is 12.5 Å². The molecule has 0 saturated carbocycles. The second kappa shape index (κ2) is 6.72. The van der Waals surface area contributed by atoms with E-state index in [0.717, 1.165) is 5.56 Å². The smallest absolute Gasteiger partial charge is 0.272 e. The molecule has 3 rings (SSSR count). The summed E-state index contributed by atoms with van der Waals surface area (Å²) in [4.78, 5) is 23.5. The zero-order chi connectivity index (χ0) is 17.1. The molecular formula is C17H14ClN3O3. The lowest BCUT2D eigenvalue weighted by atomic mass is 10.1. The van der Waals surface area contributed by atoms with Crippen LogP contribution >= 0.6 is 11.6 Å². The average Bonchev–Trinajstić information content (AvgIpc) is 2.59. The maximum absolute atomic E-state index is 12.1. The van der Waals surface area contributed by atoms with Crippen LogP contribution in [0.5, 0.6) is 5.75 Å². The van der Waals surface area contributed by atoms with Gasteiger partial charge in [-0.1, -0.05) is 23.7 Å². The van der Waals surface area contributed by atoms with E-state index in [0.29, 0.717) is 27.7 Å². The van der Waals surface area contributed by atoms with Gasteiger partial charge in [0.1, 0.15) is 5.75 Å². The van der Waals surface area contributed by atoms with Gasteiger partial charge < -0.3 is 10.1 Å². The Hall–Kier alpha value is -2.86. The van der Waals surface area contributed by atoms with Crippen molar-refractivity contribution in [3.8, 4) is 5.75 Å². The summed E-state index contributed by atoms with van der Waals surface area (Å²) >= 11 is 5.98. The Kier molecular flexibility index (Phi) is 4.48. The Balaban J connectivity index is 1.77. The quantitative estimate of drug-likeness (QED) is 0.664. The highest BCUT2D eigenvalue weighted by Crippen LogP contribution is 2.28. The van der Waals surface area contributed by atoms with Crippen molar-refractivity contribution in [2.75, 3.05) is 11.9 Å². The van der Waals surface area contributed by atoms with Gasteiger partial charge in [-0.3, -0.25) is 9.59 Å². The van der Waals surface area contributed by atoms with Gasteiger partial charge in [0.2, 0.25) is 0 Å². The number of halogens is 1. The Morgan fingerprint density at radius 1 is 1.29 bits per heavy atom. The largest absolute Gasteiger partial charge is 0.482 e. The van der Waals surface area contributed by atoms with Gasteiger partial charge >= 0.3 is 0 Å². The summed E-state index contributed by atoms with van der Waals surface area (Å²) in [5.41, 5.74) is 4.73. The van der Waals surface area contributed by atoms with Crippen LogP contribution in [0.3, 0.4) is 0 Å². The second-order valence-electron chi connectivity index (χ2n) is 5.17. The summed E-state index contributed by atoms with van der Waals surface area (Å²) in [6.45, 7) is 1.76. The van der Waals surface area contributed by atoms with Crippen LogP contribution in [0.1, 0.15) is 22.8 Å². The number of ether oxygens (including phenoxy) is 1. The Morgan fingerprint density at radius 2 is 2.08 bits per heavy atom. The number of benzene rings is 2. The molecular weight excluding hydrogens is 330 g/mol. The Morgan fingerprint density at radius 3 is 2.88 bits per heavy atom. The first-order valence-corrected chi connectivity index (χ1v) is 7.58. The molecule has 0 spiro atoms. The topological polar surface area (TPSA) is 79.8 Å². The predicted molar refractivity (Wildman–Crippen MR) is 91.7 cm³/mol. The van der Waals surface area contributed by atoms with Crippen molar-refractivity contribution >= 4 is 34.8 Å². The maximum atomic E-state index is 12.1. The number of hydrogen-bond acceptors (Lipinski definition) is 4. The third-order valence-electron chi connectivity index (χ3n) is 3.47. The zero-order valence-corrected chi connectivity index (χ0v) is 13.6. The van der Waals surface area contributed by atoms with E-state index in [1.807, 2.05) is 0 Å². The minimum absolute atomic E-state index is 0.00725. The second-order valence-corrected chi connectivity index (χ2v) is 5.57. The van der Waals surface area contributed by atoms with Gasteiger partial charge in [0.15, 0.2) is 6.61 Å². The number of amides is 2. The highest BCUT2D eigenvalue weighted by Gasteiger charge is 2.16. The van der Waals surface area contributed by atoms with Crippen molar-refractivity contribution in [3.05, 3.63) is 58.6 Å². The van der Waals surface area contributed by atoms with E-state index in [1.165, 1.54) is 0 Å². The molecule has 2 amide bonds. The molecule has 0 bridgehead atoms. The first-order chi connectivity index (χ1) is 11.5. The summed E-state index contributed by atoms with van der Waals surface area (Å²) in [5, 5.41) is 7.17. The van der Waals surface area contributed by atoms with E-state index in [2.05, 4.69) is 15.8 Å². The number of carbonyl (C=O) groups excluding carboxylic acids is 2. The third kappa shape index (κ3) is 3.38. The van der Waals surface area contributed by atoms with E-state index in [9.17, 15) is 9.59 Å². The van der Waals surface area contributed by atoms with Crippen LogP contribution in [0.15, 0.2) is 47.6 Å². The number of rotatable bonds is 3. The van der Waals surface area contributed by atoms with Crippen molar-refractivity contribution in [2.45, 2.75) is 6.92 Å². The molecule has 6 nitrogen and oxygen atoms in total. The fraction of sp³-hybridized carbons (Fsp3) is 0.118. The van der Waals surface area contributed by atoms with Gasteiger partial charge in [-0.2, -0.15) is 5.10 Å². The normalized spacial score (nSPS) is 13.6. The van der Waals surface area contributed by atoms with E-state index in [4.69, 9.17) is 16.3 Å². The van der Waals surface area contributed by atoms with Crippen LogP contribution in [0.2, 0.25) is 5.02 Å². The molecule has 2 N–H and O–H groups in total. The fourth-order valence-corrected chi connectivity index (χ4v) is 2.43. The number of nitrogens with zero attached hydrogens (tertiary/aromatic N) is 1. The minimum atomic E-state index is -0.394. The first kappa shape index (κ1) is 16.0. The fourth-order valence-electron chi connectivity index (χ4n) is 2.21. The molecule has 0 atom stereocenters. The van der Waals surface area contributed by atoms with Crippen LogP contribution < -0.4 is 15.5 Å². The Labute approximate surface area is 143 Å². The SMILES string of the molecule is C/C(=N/NC(=O)c1ccccc1Cl)c1ccc2c(c1)NC(=O)CO2. The van der Waals surface area contributed by atoms with Crippen molar-refractivity contribution in [1.82, 2.24) is 5.43 Å². The van der Waals surface area contributed by atoms with Gasteiger partial charge in [-0.25, -0.2) is 5.43 Å². The molecule has 24 heavy (non-hydrogen) atoms. The van der Waals surface area contributed by atoms with Gasteiger partial charge in [0.25, 0.3) is 11.8 Å². The number of anilines is 1. The molecule has 0 aromatic heterocycles. The van der Waals surface area contributed by atoms with Gasteiger partial charge in [0, 0.05) is 0 Å². The van der Waals surface area contributed by atoms with E-state index in [1.54, 1.807) is 49.4 Å². The molecule has 0 fully saturated rings. The molecule has 0 unspecified atom stereocenters. The summed E-state index contributed by atoms with van der Waals surface area (Å²) < 4.78 is 5.30.